The number of nitrogens with one attached hydrogen (secondary N) is 1. The largest absolute Gasteiger partial charge is 0.433 e. The smallest absolute Gasteiger partial charge is 0.376 e. The van der Waals surface area contributed by atoms with Crippen molar-refractivity contribution in [3.05, 3.63) is 41.6 Å². The fourth-order valence-corrected chi connectivity index (χ4v) is 2.55. The number of rotatable bonds is 4. The van der Waals surface area contributed by atoms with Crippen LogP contribution < -0.4 is 5.32 Å². The first kappa shape index (κ1) is 16.7. The van der Waals surface area contributed by atoms with Crippen LogP contribution in [0.1, 0.15) is 24.1 Å². The average molecular weight is 337 g/mol. The summed E-state index contributed by atoms with van der Waals surface area (Å²) in [5.74, 6) is -0.0316. The van der Waals surface area contributed by atoms with E-state index < -0.39 is 11.9 Å². The van der Waals surface area contributed by atoms with E-state index in [1.54, 1.807) is 12.1 Å². The molecule has 1 aliphatic rings. The number of anilines is 1. The van der Waals surface area contributed by atoms with E-state index in [1.807, 2.05) is 19.1 Å². The Hall–Kier alpha value is -2.15. The Balaban J connectivity index is 1.89. The molecule has 0 bridgehead atoms. The van der Waals surface area contributed by atoms with Crippen LogP contribution in [0.4, 0.5) is 19.1 Å². The van der Waals surface area contributed by atoms with Gasteiger partial charge in [0.25, 0.3) is 0 Å². The zero-order chi connectivity index (χ0) is 17.2. The number of hydrogen-bond donors (Lipinski definition) is 1. The summed E-state index contributed by atoms with van der Waals surface area (Å²) in [4.78, 5) is 7.84. The summed E-state index contributed by atoms with van der Waals surface area (Å²) in [6, 6.07) is 8.15. The lowest BCUT2D eigenvalue weighted by molar-refractivity contribution is -0.141. The van der Waals surface area contributed by atoms with E-state index in [1.165, 1.54) is 0 Å². The number of benzene rings is 1. The van der Waals surface area contributed by atoms with E-state index in [9.17, 15) is 13.2 Å². The van der Waals surface area contributed by atoms with Crippen LogP contribution in [0.2, 0.25) is 0 Å². The Morgan fingerprint density at radius 2 is 1.96 bits per heavy atom. The SMILES string of the molecule is Cc1ccc(-c2cc(C(F)(F)F)nc(NC[C@H]3CCCO3)n2)cc1. The molecule has 7 heteroatoms. The van der Waals surface area contributed by atoms with Gasteiger partial charge in [0, 0.05) is 18.7 Å². The van der Waals surface area contributed by atoms with Gasteiger partial charge in [-0.05, 0) is 25.8 Å². The first-order valence-corrected chi connectivity index (χ1v) is 7.80. The second-order valence-corrected chi connectivity index (χ2v) is 5.84. The average Bonchev–Trinajstić information content (AvgIpc) is 3.06. The van der Waals surface area contributed by atoms with E-state index in [-0.39, 0.29) is 17.7 Å². The summed E-state index contributed by atoms with van der Waals surface area (Å²) in [6.07, 6.45) is -2.69. The predicted molar refractivity (Wildman–Crippen MR) is 84.7 cm³/mol. The van der Waals surface area contributed by atoms with Crippen LogP contribution in [0.15, 0.2) is 30.3 Å². The number of aryl methyl sites for hydroxylation is 1. The Morgan fingerprint density at radius 3 is 2.58 bits per heavy atom. The topological polar surface area (TPSA) is 47.0 Å². The minimum absolute atomic E-state index is 0.00836. The van der Waals surface area contributed by atoms with Crippen LogP contribution in [-0.4, -0.2) is 29.2 Å². The van der Waals surface area contributed by atoms with Crippen LogP contribution in [0.25, 0.3) is 11.3 Å². The molecule has 0 unspecified atom stereocenters. The van der Waals surface area contributed by atoms with Crippen molar-refractivity contribution >= 4 is 5.95 Å². The molecule has 1 N–H and O–H groups in total. The van der Waals surface area contributed by atoms with Gasteiger partial charge >= 0.3 is 6.18 Å². The Labute approximate surface area is 138 Å². The molecule has 0 saturated carbocycles. The second-order valence-electron chi connectivity index (χ2n) is 5.84. The van der Waals surface area contributed by atoms with Crippen LogP contribution in [0, 0.1) is 6.92 Å². The van der Waals surface area contributed by atoms with Gasteiger partial charge < -0.3 is 10.1 Å². The molecule has 1 fully saturated rings. The zero-order valence-electron chi connectivity index (χ0n) is 13.2. The quantitative estimate of drug-likeness (QED) is 0.914. The minimum atomic E-state index is -4.53. The van der Waals surface area contributed by atoms with E-state index in [4.69, 9.17) is 4.74 Å². The molecule has 0 radical (unpaired) electrons. The fraction of sp³-hybridized carbons (Fsp3) is 0.412. The molecule has 0 spiro atoms. The molecule has 0 amide bonds. The molecular weight excluding hydrogens is 319 g/mol. The number of aromatic nitrogens is 2. The maximum Gasteiger partial charge on any atom is 0.433 e. The lowest BCUT2D eigenvalue weighted by atomic mass is 10.1. The number of ether oxygens (including phenoxy) is 1. The van der Waals surface area contributed by atoms with Crippen molar-refractivity contribution in [2.45, 2.75) is 32.0 Å². The van der Waals surface area contributed by atoms with Crippen molar-refractivity contribution in [3.8, 4) is 11.3 Å². The number of alkyl halides is 3. The highest BCUT2D eigenvalue weighted by atomic mass is 19.4. The Morgan fingerprint density at radius 1 is 1.21 bits per heavy atom. The summed E-state index contributed by atoms with van der Waals surface area (Å²) < 4.78 is 44.8. The van der Waals surface area contributed by atoms with Gasteiger partial charge in [-0.3, -0.25) is 0 Å². The summed E-state index contributed by atoms with van der Waals surface area (Å²) in [6.45, 7) is 3.00. The summed E-state index contributed by atoms with van der Waals surface area (Å²) in [7, 11) is 0. The van der Waals surface area contributed by atoms with Crippen molar-refractivity contribution in [2.75, 3.05) is 18.5 Å². The fourth-order valence-electron chi connectivity index (χ4n) is 2.55. The third kappa shape index (κ3) is 4.03. The normalized spacial score (nSPS) is 17.9. The van der Waals surface area contributed by atoms with Gasteiger partial charge in [-0.25, -0.2) is 9.97 Å². The highest BCUT2D eigenvalue weighted by molar-refractivity contribution is 5.61. The van der Waals surface area contributed by atoms with Crippen LogP contribution in [-0.2, 0) is 10.9 Å². The molecular formula is C17H18F3N3O. The highest BCUT2D eigenvalue weighted by Gasteiger charge is 2.34. The molecule has 1 saturated heterocycles. The summed E-state index contributed by atoms with van der Waals surface area (Å²) in [5.41, 5.74) is 0.935. The van der Waals surface area contributed by atoms with Gasteiger partial charge in [0.05, 0.1) is 11.8 Å². The van der Waals surface area contributed by atoms with Crippen molar-refractivity contribution < 1.29 is 17.9 Å². The minimum Gasteiger partial charge on any atom is -0.376 e. The molecule has 3 rings (SSSR count). The third-order valence-corrected chi connectivity index (χ3v) is 3.88. The molecule has 1 aliphatic heterocycles. The third-order valence-electron chi connectivity index (χ3n) is 3.88. The molecule has 1 aromatic carbocycles. The molecule has 2 heterocycles. The predicted octanol–water partition coefficient (Wildman–Crippen LogP) is 4.06. The number of hydrogen-bond acceptors (Lipinski definition) is 4. The van der Waals surface area contributed by atoms with Crippen molar-refractivity contribution in [1.82, 2.24) is 9.97 Å². The van der Waals surface area contributed by atoms with Crippen molar-refractivity contribution in [3.63, 3.8) is 0 Å². The van der Waals surface area contributed by atoms with E-state index in [0.29, 0.717) is 18.7 Å². The van der Waals surface area contributed by atoms with E-state index in [2.05, 4.69) is 15.3 Å². The number of halogens is 3. The highest BCUT2D eigenvalue weighted by Crippen LogP contribution is 2.31. The standard InChI is InChI=1S/C17H18F3N3O/c1-11-4-6-12(7-5-11)14-9-15(17(18,19)20)23-16(22-14)21-10-13-3-2-8-24-13/h4-7,9,13H,2-3,8,10H2,1H3,(H,21,22,23)/t13-/m1/s1. The molecule has 1 atom stereocenters. The molecule has 4 nitrogen and oxygen atoms in total. The van der Waals surface area contributed by atoms with Gasteiger partial charge in [-0.1, -0.05) is 29.8 Å². The monoisotopic (exact) mass is 337 g/mol. The van der Waals surface area contributed by atoms with Gasteiger partial charge in [-0.2, -0.15) is 13.2 Å². The lowest BCUT2D eigenvalue weighted by Crippen LogP contribution is -2.21. The zero-order valence-corrected chi connectivity index (χ0v) is 13.2. The van der Waals surface area contributed by atoms with Crippen molar-refractivity contribution in [2.24, 2.45) is 0 Å². The Kier molecular flexibility index (Phi) is 4.71. The first-order chi connectivity index (χ1) is 11.4. The van der Waals surface area contributed by atoms with Crippen LogP contribution in [0.5, 0.6) is 0 Å². The molecule has 24 heavy (non-hydrogen) atoms. The van der Waals surface area contributed by atoms with Crippen molar-refractivity contribution in [1.29, 1.82) is 0 Å². The molecule has 2 aromatic rings. The van der Waals surface area contributed by atoms with Gasteiger partial charge in [0.2, 0.25) is 5.95 Å². The second kappa shape index (κ2) is 6.76. The summed E-state index contributed by atoms with van der Waals surface area (Å²) in [5, 5.41) is 2.87. The molecule has 128 valence electrons. The van der Waals surface area contributed by atoms with Crippen LogP contribution >= 0.6 is 0 Å². The molecule has 1 aromatic heterocycles. The molecule has 0 aliphatic carbocycles. The van der Waals surface area contributed by atoms with Gasteiger partial charge in [-0.15, -0.1) is 0 Å². The lowest BCUT2D eigenvalue weighted by Gasteiger charge is -2.14. The van der Waals surface area contributed by atoms with Gasteiger partial charge in [0.1, 0.15) is 0 Å². The Bertz CT molecular complexity index is 695. The first-order valence-electron chi connectivity index (χ1n) is 7.80. The van der Waals surface area contributed by atoms with E-state index >= 15 is 0 Å². The van der Waals surface area contributed by atoms with E-state index in [0.717, 1.165) is 24.5 Å². The maximum absolute atomic E-state index is 13.1. The maximum atomic E-state index is 13.1. The van der Waals surface area contributed by atoms with Gasteiger partial charge in [0.15, 0.2) is 5.69 Å². The number of nitrogens with zero attached hydrogens (tertiary/aromatic N) is 2. The van der Waals surface area contributed by atoms with Crippen LogP contribution in [0.3, 0.4) is 0 Å². The summed E-state index contributed by atoms with van der Waals surface area (Å²) >= 11 is 0.